The lowest BCUT2D eigenvalue weighted by atomic mass is 9.77. The van der Waals surface area contributed by atoms with Crippen LogP contribution in [0.3, 0.4) is 0 Å². The average Bonchev–Trinajstić information content (AvgIpc) is 3.38. The summed E-state index contributed by atoms with van der Waals surface area (Å²) in [6.07, 6.45) is 7.35. The number of quaternary nitrogens is 1. The van der Waals surface area contributed by atoms with Crippen LogP contribution < -0.4 is 24.7 Å². The molecule has 2 fully saturated rings. The summed E-state index contributed by atoms with van der Waals surface area (Å²) in [5, 5.41) is 20.5. The highest BCUT2D eigenvalue weighted by Gasteiger charge is 2.29. The zero-order chi connectivity index (χ0) is 53.5. The number of aryl methyl sites for hydroxylation is 1. The van der Waals surface area contributed by atoms with E-state index in [1.54, 1.807) is 13.1 Å². The number of benzene rings is 3. The van der Waals surface area contributed by atoms with Crippen molar-refractivity contribution in [2.45, 2.75) is 112 Å². The number of ketones is 3. The van der Waals surface area contributed by atoms with Crippen LogP contribution in [0.4, 0.5) is 17.5 Å². The summed E-state index contributed by atoms with van der Waals surface area (Å²) in [7, 11) is 1.47. The summed E-state index contributed by atoms with van der Waals surface area (Å²) in [6, 6.07) is 20.2. The lowest BCUT2D eigenvalue weighted by Gasteiger charge is -2.40. The van der Waals surface area contributed by atoms with E-state index in [4.69, 9.17) is 37.7 Å². The van der Waals surface area contributed by atoms with Crippen molar-refractivity contribution < 1.29 is 33.2 Å². The predicted octanol–water partition coefficient (Wildman–Crippen LogP) is 11.3. The molecule has 0 radical (unpaired) electrons. The zero-order valence-corrected chi connectivity index (χ0v) is 46.8. The third-order valence-electron chi connectivity index (χ3n) is 14.2. The first-order valence-corrected chi connectivity index (χ1v) is 27.1. The van der Waals surface area contributed by atoms with E-state index in [1.807, 2.05) is 63.2 Å². The number of alkyl halides is 1. The van der Waals surface area contributed by atoms with E-state index in [1.165, 1.54) is 12.7 Å². The Hall–Kier alpha value is -4.95. The van der Waals surface area contributed by atoms with Gasteiger partial charge in [0, 0.05) is 93.4 Å². The normalized spacial score (nSPS) is 16.1. The Morgan fingerprint density at radius 1 is 0.945 bits per heavy atom. The highest BCUT2D eigenvalue weighted by Crippen LogP contribution is 2.39. The van der Waals surface area contributed by atoms with E-state index in [2.05, 4.69) is 83.8 Å². The van der Waals surface area contributed by atoms with E-state index in [9.17, 15) is 24.9 Å². The number of hydrogen-bond acceptors (Lipinski definition) is 14. The van der Waals surface area contributed by atoms with Gasteiger partial charge >= 0.3 is 0 Å². The molecule has 2 saturated heterocycles. The summed E-state index contributed by atoms with van der Waals surface area (Å²) in [6.45, 7) is 22.9. The number of halogens is 2. The molecule has 2 aliphatic rings. The van der Waals surface area contributed by atoms with Crippen molar-refractivity contribution >= 4 is 70.8 Å². The number of carbonyl (C=O) groups is 3. The molecule has 73 heavy (non-hydrogen) atoms. The van der Waals surface area contributed by atoms with E-state index >= 15 is 0 Å². The Balaban J connectivity index is 0.000000802. The van der Waals surface area contributed by atoms with Crippen molar-refractivity contribution in [3.63, 3.8) is 0 Å². The number of aromatic nitrogens is 2. The van der Waals surface area contributed by atoms with Crippen molar-refractivity contribution in [3.8, 4) is 17.6 Å². The highest BCUT2D eigenvalue weighted by molar-refractivity contribution is 7.74. The van der Waals surface area contributed by atoms with Gasteiger partial charge in [-0.25, -0.2) is 4.98 Å². The van der Waals surface area contributed by atoms with Crippen LogP contribution in [0, 0.1) is 29.1 Å². The molecule has 396 valence electrons. The number of hydroxylamine groups is 1. The molecule has 1 aromatic heterocycles. The van der Waals surface area contributed by atoms with Gasteiger partial charge in [0.05, 0.1) is 22.0 Å². The third-order valence-corrected chi connectivity index (χ3v) is 14.8. The fraction of sp³-hybridized carbons (Fsp3) is 0.536. The molecule has 3 atom stereocenters. The van der Waals surface area contributed by atoms with Crippen LogP contribution in [0.5, 0.6) is 11.5 Å². The first kappa shape index (κ1) is 58.9. The van der Waals surface area contributed by atoms with Gasteiger partial charge < -0.3 is 19.3 Å². The fourth-order valence-corrected chi connectivity index (χ4v) is 9.48. The molecule has 2 aliphatic heterocycles. The van der Waals surface area contributed by atoms with Gasteiger partial charge in [-0.05, 0) is 108 Å². The Morgan fingerprint density at radius 3 is 2.22 bits per heavy atom. The standard InChI is InChI=1S/C47H61Cl2N8O4S.C9H16O2/c1-7-32(3)43(58)41-14-11-39(26-34(41)8-2)55-22-20-54(21-23-55)30-33-15-18-56(19-16-33)45-36(29-51-46(52-45)53-57(6,59)62)31-61-40-12-9-37(10-13-40)47(4,5)38-25-35(28-50)44(42(49)27-38)60-24-17-48;1-4-9(11)6-5-7(2)8(3)10/h9-14,25-27,29,32-33,59,62H,7-8,15-24,30-31H2,1-6H3,(H,51,52,53);7H,4-6H2,1-3H3/q+1;. The summed E-state index contributed by atoms with van der Waals surface area (Å²) in [5.41, 5.74) is 8.67. The maximum absolute atomic E-state index is 13.0. The minimum absolute atomic E-state index is 0.0413. The number of hydrogen-bond donors (Lipinski definition) is 3. The molecular formula is C56H77Cl2N8O6S+. The maximum Gasteiger partial charge on any atom is 0.275 e. The van der Waals surface area contributed by atoms with Gasteiger partial charge in [0.25, 0.3) is 5.95 Å². The SMILES string of the molecule is CCC(=O)CCC(C)C(C)=O.CCc1cc(N2CCN(CC3CCN(c4nc(N[N+](C)(O)S)ncc4COc4ccc(C(C)(C)c5cc(Cl)c(OCCCl)c(C#N)c5)cc4)CC3)CC2)ccc1C(=O)C(C)CC. The number of piperidine rings is 1. The molecule has 0 aliphatic carbocycles. The molecule has 6 rings (SSSR count). The van der Waals surface area contributed by atoms with E-state index < -0.39 is 9.58 Å². The lowest BCUT2D eigenvalue weighted by molar-refractivity contribution is -0.955. The summed E-state index contributed by atoms with van der Waals surface area (Å²) in [5.74, 6) is 3.67. The van der Waals surface area contributed by atoms with Crippen LogP contribution in [-0.2, 0) is 28.0 Å². The monoisotopic (exact) mass is 1060 g/mol. The number of nitrogens with zero attached hydrogens (tertiary/aromatic N) is 7. The molecule has 17 heteroatoms. The Kier molecular flexibility index (Phi) is 22.2. The second-order valence-electron chi connectivity index (χ2n) is 20.0. The lowest BCUT2D eigenvalue weighted by Crippen LogP contribution is -2.49. The number of nitriles is 1. The van der Waals surface area contributed by atoms with Crippen molar-refractivity contribution in [2.75, 3.05) is 80.6 Å². The summed E-state index contributed by atoms with van der Waals surface area (Å²) < 4.78 is 11.2. The van der Waals surface area contributed by atoms with E-state index in [0.717, 1.165) is 105 Å². The van der Waals surface area contributed by atoms with Crippen LogP contribution in [0.1, 0.15) is 132 Å². The molecule has 2 N–H and O–H groups in total. The van der Waals surface area contributed by atoms with Gasteiger partial charge in [-0.2, -0.15) is 20.9 Å². The van der Waals surface area contributed by atoms with Gasteiger partial charge in [0.2, 0.25) is 0 Å². The van der Waals surface area contributed by atoms with Gasteiger partial charge in [0.1, 0.15) is 62.3 Å². The fourth-order valence-electron chi connectivity index (χ4n) is 9.04. The maximum atomic E-state index is 13.0. The quantitative estimate of drug-likeness (QED) is 0.0212. The number of anilines is 3. The predicted molar refractivity (Wildman–Crippen MR) is 295 cm³/mol. The molecule has 3 unspecified atom stereocenters. The zero-order valence-electron chi connectivity index (χ0n) is 44.3. The summed E-state index contributed by atoms with van der Waals surface area (Å²) >= 11 is 16.6. The molecule has 0 bridgehead atoms. The van der Waals surface area contributed by atoms with Crippen LogP contribution in [-0.4, -0.2) is 107 Å². The van der Waals surface area contributed by atoms with Gasteiger partial charge in [0.15, 0.2) is 11.5 Å². The van der Waals surface area contributed by atoms with Crippen LogP contribution in [0.2, 0.25) is 5.02 Å². The number of Topliss-reactive ketones (excluding diaryl/α,β-unsaturated/α-hetero) is 3. The van der Waals surface area contributed by atoms with Crippen LogP contribution >= 0.6 is 36.0 Å². The highest BCUT2D eigenvalue weighted by atomic mass is 35.5. The van der Waals surface area contributed by atoms with Crippen molar-refractivity contribution in [1.29, 1.82) is 5.26 Å². The first-order chi connectivity index (χ1) is 34.7. The second-order valence-corrected chi connectivity index (χ2v) is 21.6. The first-order valence-electron chi connectivity index (χ1n) is 25.8. The van der Waals surface area contributed by atoms with Gasteiger partial charge in [-0.1, -0.05) is 72.2 Å². The Morgan fingerprint density at radius 2 is 1.63 bits per heavy atom. The number of piperazine rings is 1. The molecule has 14 nitrogen and oxygen atoms in total. The van der Waals surface area contributed by atoms with Crippen molar-refractivity contribution in [3.05, 3.63) is 99.2 Å². The molecule has 0 amide bonds. The number of rotatable bonds is 23. The molecule has 0 saturated carbocycles. The Bertz CT molecular complexity index is 2520. The van der Waals surface area contributed by atoms with Gasteiger partial charge in [-0.15, -0.1) is 11.6 Å². The van der Waals surface area contributed by atoms with Crippen LogP contribution in [0.15, 0.2) is 60.8 Å². The largest absolute Gasteiger partial charge is 0.489 e. The Labute approximate surface area is 449 Å². The number of ether oxygens (including phenoxy) is 2. The number of thiol groups is 1. The smallest absolute Gasteiger partial charge is 0.275 e. The van der Waals surface area contributed by atoms with E-state index in [-0.39, 0.29) is 48.3 Å². The third kappa shape index (κ3) is 16.8. The van der Waals surface area contributed by atoms with Crippen molar-refractivity contribution in [1.82, 2.24) is 14.9 Å². The molecule has 3 heterocycles. The molecular weight excluding hydrogens is 984 g/mol. The topological polar surface area (TPSA) is 161 Å². The van der Waals surface area contributed by atoms with E-state index in [0.29, 0.717) is 53.1 Å². The minimum Gasteiger partial charge on any atom is -0.489 e. The number of carbonyl (C=O) groups excluding carboxylic acids is 3. The average molecular weight is 1060 g/mol. The van der Waals surface area contributed by atoms with Crippen LogP contribution in [0.25, 0.3) is 0 Å². The van der Waals surface area contributed by atoms with Crippen molar-refractivity contribution in [2.24, 2.45) is 17.8 Å². The second kappa shape index (κ2) is 27.5. The minimum atomic E-state index is -0.813. The molecule has 4 aromatic rings. The van der Waals surface area contributed by atoms with Gasteiger partial charge in [-0.3, -0.25) is 19.3 Å². The molecule has 3 aromatic carbocycles. The molecule has 0 spiro atoms. The number of nitrogens with one attached hydrogen (secondary N) is 1. The summed E-state index contributed by atoms with van der Waals surface area (Å²) in [4.78, 5) is 51.2.